The summed E-state index contributed by atoms with van der Waals surface area (Å²) >= 11 is 0. The molecule has 0 aliphatic carbocycles. The molecule has 1 aliphatic heterocycles. The first-order chi connectivity index (χ1) is 16.6. The Hall–Kier alpha value is -4.11. The van der Waals surface area contributed by atoms with Crippen molar-refractivity contribution in [1.82, 2.24) is 35.0 Å². The summed E-state index contributed by atoms with van der Waals surface area (Å²) in [6.45, 7) is 4.20. The Morgan fingerprint density at radius 2 is 2.06 bits per heavy atom. The molecule has 4 heterocycles. The number of phenolic OH excluding ortho intramolecular Hbond substituents is 1. The van der Waals surface area contributed by atoms with Crippen molar-refractivity contribution in [1.29, 1.82) is 0 Å². The lowest BCUT2D eigenvalue weighted by molar-refractivity contribution is 0.267. The summed E-state index contributed by atoms with van der Waals surface area (Å²) in [6.07, 6.45) is 5.84. The maximum Gasteiger partial charge on any atom is 0.165 e. The van der Waals surface area contributed by atoms with Crippen LogP contribution in [0.1, 0.15) is 29.6 Å². The maximum atomic E-state index is 14.1. The monoisotopic (exact) mass is 455 g/mol. The van der Waals surface area contributed by atoms with Crippen LogP contribution in [0.3, 0.4) is 0 Å². The van der Waals surface area contributed by atoms with Gasteiger partial charge in [-0.2, -0.15) is 5.10 Å². The largest absolute Gasteiger partial charge is 0.505 e. The van der Waals surface area contributed by atoms with E-state index in [0.717, 1.165) is 75.8 Å². The van der Waals surface area contributed by atoms with Crippen molar-refractivity contribution in [3.05, 3.63) is 77.4 Å². The zero-order chi connectivity index (χ0) is 23.2. The van der Waals surface area contributed by atoms with E-state index in [2.05, 4.69) is 30.0 Å². The molecule has 5 aromatic rings. The zero-order valence-corrected chi connectivity index (χ0v) is 18.5. The smallest absolute Gasteiger partial charge is 0.165 e. The number of imidazole rings is 1. The molecule has 0 radical (unpaired) electrons. The molecule has 6 rings (SSSR count). The predicted molar refractivity (Wildman–Crippen MR) is 125 cm³/mol. The van der Waals surface area contributed by atoms with Crippen molar-refractivity contribution in [2.75, 3.05) is 0 Å². The number of halogens is 1. The fraction of sp³-hybridized carbons (Fsp3) is 0.200. The summed E-state index contributed by atoms with van der Waals surface area (Å²) in [5.41, 5.74) is 7.12. The third-order valence-electron chi connectivity index (χ3n) is 6.27. The molecule has 170 valence electrons. The van der Waals surface area contributed by atoms with E-state index in [-0.39, 0.29) is 5.75 Å². The highest BCUT2D eigenvalue weighted by atomic mass is 19.1. The highest BCUT2D eigenvalue weighted by molar-refractivity contribution is 5.94. The van der Waals surface area contributed by atoms with Gasteiger partial charge in [-0.25, -0.2) is 9.37 Å². The van der Waals surface area contributed by atoms with Gasteiger partial charge in [0.1, 0.15) is 5.69 Å². The van der Waals surface area contributed by atoms with E-state index >= 15 is 0 Å². The van der Waals surface area contributed by atoms with Gasteiger partial charge in [-0.15, -0.1) is 0 Å². The van der Waals surface area contributed by atoms with Crippen LogP contribution in [-0.4, -0.2) is 40.1 Å². The van der Waals surface area contributed by atoms with E-state index < -0.39 is 5.82 Å². The molecule has 0 spiro atoms. The van der Waals surface area contributed by atoms with Crippen LogP contribution in [-0.2, 0) is 26.1 Å². The lowest BCUT2D eigenvalue weighted by Crippen LogP contribution is -2.17. The first-order valence-corrected chi connectivity index (χ1v) is 11.1. The molecule has 9 heteroatoms. The van der Waals surface area contributed by atoms with Crippen LogP contribution < -0.4 is 0 Å². The zero-order valence-electron chi connectivity index (χ0n) is 18.5. The quantitative estimate of drug-likeness (QED) is 0.364. The summed E-state index contributed by atoms with van der Waals surface area (Å²) in [4.78, 5) is 19.0. The van der Waals surface area contributed by atoms with Crippen LogP contribution in [0.2, 0.25) is 0 Å². The number of H-pyrrole nitrogens is 2. The minimum absolute atomic E-state index is 0.327. The van der Waals surface area contributed by atoms with Crippen molar-refractivity contribution in [2.24, 2.45) is 0 Å². The molecule has 0 saturated carbocycles. The van der Waals surface area contributed by atoms with Gasteiger partial charge in [0.25, 0.3) is 0 Å². The van der Waals surface area contributed by atoms with Gasteiger partial charge in [-0.05, 0) is 47.4 Å². The van der Waals surface area contributed by atoms with Crippen molar-refractivity contribution >= 4 is 10.9 Å². The van der Waals surface area contributed by atoms with Crippen LogP contribution >= 0.6 is 0 Å². The average molecular weight is 455 g/mol. The van der Waals surface area contributed by atoms with E-state index in [4.69, 9.17) is 4.98 Å². The third kappa shape index (κ3) is 3.50. The molecular formula is C25H22FN7O. The first kappa shape index (κ1) is 20.5. The number of aromatic nitrogens is 6. The minimum Gasteiger partial charge on any atom is -0.505 e. The van der Waals surface area contributed by atoms with Crippen LogP contribution in [0.25, 0.3) is 33.5 Å². The van der Waals surface area contributed by atoms with Crippen LogP contribution in [0, 0.1) is 5.82 Å². The molecule has 0 unspecified atom stereocenters. The normalized spacial score (nSPS) is 13.6. The van der Waals surface area contributed by atoms with Crippen molar-refractivity contribution in [2.45, 2.75) is 33.0 Å². The maximum absolute atomic E-state index is 14.1. The Kier molecular flexibility index (Phi) is 4.84. The van der Waals surface area contributed by atoms with Gasteiger partial charge in [0.05, 0.1) is 22.6 Å². The molecule has 8 nitrogen and oxygen atoms in total. The highest BCUT2D eigenvalue weighted by Crippen LogP contribution is 2.34. The Labute approximate surface area is 194 Å². The number of aromatic amines is 2. The van der Waals surface area contributed by atoms with Crippen LogP contribution in [0.4, 0.5) is 4.39 Å². The number of aryl methyl sites for hydroxylation is 1. The first-order valence-electron chi connectivity index (χ1n) is 11.1. The second-order valence-corrected chi connectivity index (χ2v) is 8.50. The van der Waals surface area contributed by atoms with Gasteiger partial charge in [-0.1, -0.05) is 13.0 Å². The molecule has 3 N–H and O–H groups in total. The molecule has 34 heavy (non-hydrogen) atoms. The number of hydrogen-bond acceptors (Lipinski definition) is 6. The standard InChI is InChI=1S/C25H22FN7O/c1-2-14-8-23(34)19(26)9-18(14)15-3-4-17-20(7-15)31-32-24(17)25-29-21-12-33(13-22(21)30-25)11-16-10-27-5-6-28-16/h3-10,34H,2,11-13H2,1H3,(H,29,30)(H,31,32). The molecule has 0 amide bonds. The molecule has 0 fully saturated rings. The second kappa shape index (κ2) is 8.03. The Morgan fingerprint density at radius 1 is 1.15 bits per heavy atom. The lowest BCUT2D eigenvalue weighted by atomic mass is 9.96. The Balaban J connectivity index is 1.28. The fourth-order valence-electron chi connectivity index (χ4n) is 4.60. The molecule has 3 aromatic heterocycles. The van der Waals surface area contributed by atoms with E-state index in [1.165, 1.54) is 12.1 Å². The van der Waals surface area contributed by atoms with Crippen LogP contribution in [0.5, 0.6) is 5.75 Å². The number of nitrogens with one attached hydrogen (secondary N) is 2. The molecule has 2 aromatic carbocycles. The number of fused-ring (bicyclic) bond motifs is 2. The number of phenols is 1. The van der Waals surface area contributed by atoms with Gasteiger partial charge < -0.3 is 10.1 Å². The number of rotatable bonds is 5. The Bertz CT molecular complexity index is 1490. The number of aromatic hydroxyl groups is 1. The van der Waals surface area contributed by atoms with Crippen LogP contribution in [0.15, 0.2) is 48.9 Å². The average Bonchev–Trinajstić information content (AvgIpc) is 3.53. The van der Waals surface area contributed by atoms with Crippen molar-refractivity contribution in [3.63, 3.8) is 0 Å². The number of benzene rings is 2. The third-order valence-corrected chi connectivity index (χ3v) is 6.27. The second-order valence-electron chi connectivity index (χ2n) is 8.50. The fourth-order valence-corrected chi connectivity index (χ4v) is 4.60. The summed E-state index contributed by atoms with van der Waals surface area (Å²) in [7, 11) is 0. The van der Waals surface area contributed by atoms with E-state index in [1.807, 2.05) is 25.1 Å². The molecule has 0 saturated heterocycles. The molecule has 0 bridgehead atoms. The summed E-state index contributed by atoms with van der Waals surface area (Å²) < 4.78 is 14.1. The highest BCUT2D eigenvalue weighted by Gasteiger charge is 2.25. The molecule has 0 atom stereocenters. The van der Waals surface area contributed by atoms with Gasteiger partial charge in [0.15, 0.2) is 17.4 Å². The van der Waals surface area contributed by atoms with Gasteiger partial charge >= 0.3 is 0 Å². The van der Waals surface area contributed by atoms with E-state index in [0.29, 0.717) is 6.42 Å². The lowest BCUT2D eigenvalue weighted by Gasteiger charge is -2.13. The topological polar surface area (TPSA) is 107 Å². The van der Waals surface area contributed by atoms with Crippen molar-refractivity contribution < 1.29 is 9.50 Å². The Morgan fingerprint density at radius 3 is 2.85 bits per heavy atom. The predicted octanol–water partition coefficient (Wildman–Crippen LogP) is 4.33. The van der Waals surface area contributed by atoms with Gasteiger partial charge in [0.2, 0.25) is 0 Å². The summed E-state index contributed by atoms with van der Waals surface area (Å²) in [5, 5.41) is 18.3. The molecule has 1 aliphatic rings. The van der Waals surface area contributed by atoms with Gasteiger partial charge in [0, 0.05) is 43.6 Å². The SMILES string of the molecule is CCc1cc(O)c(F)cc1-c1ccc2c(-c3nc4c([nH]3)CN(Cc3cnccn3)C4)n[nH]c2c1. The number of hydrogen-bond donors (Lipinski definition) is 3. The summed E-state index contributed by atoms with van der Waals surface area (Å²) in [5.74, 6) is -0.226. The minimum atomic E-state index is -0.629. The molecular weight excluding hydrogens is 433 g/mol. The van der Waals surface area contributed by atoms with Gasteiger partial charge in [-0.3, -0.25) is 20.0 Å². The van der Waals surface area contributed by atoms with E-state index in [1.54, 1.807) is 18.6 Å². The van der Waals surface area contributed by atoms with Crippen molar-refractivity contribution in [3.8, 4) is 28.4 Å². The van der Waals surface area contributed by atoms with E-state index in [9.17, 15) is 9.50 Å². The summed E-state index contributed by atoms with van der Waals surface area (Å²) in [6, 6.07) is 8.76. The number of nitrogens with zero attached hydrogens (tertiary/aromatic N) is 5.